The number of anilines is 1. The molecule has 150 valence electrons. The smallest absolute Gasteiger partial charge is 0.222 e. The van der Waals surface area contributed by atoms with Crippen LogP contribution in [0, 0.1) is 0 Å². The summed E-state index contributed by atoms with van der Waals surface area (Å²) in [6.45, 7) is 1.78. The molecule has 2 fully saturated rings. The van der Waals surface area contributed by atoms with Gasteiger partial charge in [0.05, 0.1) is 15.8 Å². The Morgan fingerprint density at radius 1 is 1.00 bits per heavy atom. The number of piperidine rings is 1. The van der Waals surface area contributed by atoms with Crippen LogP contribution in [0.1, 0.15) is 19.3 Å². The second kappa shape index (κ2) is 6.89. The van der Waals surface area contributed by atoms with Gasteiger partial charge in [-0.15, -0.1) is 22.7 Å². The van der Waals surface area contributed by atoms with Gasteiger partial charge in [-0.2, -0.15) is 0 Å². The highest BCUT2D eigenvalue weighted by Gasteiger charge is 2.45. The Hall–Kier alpha value is -2.77. The zero-order chi connectivity index (χ0) is 20.1. The predicted molar refractivity (Wildman–Crippen MR) is 123 cm³/mol. The molecule has 0 bridgehead atoms. The zero-order valence-corrected chi connectivity index (χ0v) is 17.9. The Labute approximate surface area is 182 Å². The van der Waals surface area contributed by atoms with Crippen LogP contribution < -0.4 is 10.2 Å². The highest BCUT2D eigenvalue weighted by molar-refractivity contribution is 7.17. The molecule has 30 heavy (non-hydrogen) atoms. The molecule has 0 radical (unpaired) electrons. The van der Waals surface area contributed by atoms with Crippen LogP contribution in [0.5, 0.6) is 0 Å². The van der Waals surface area contributed by atoms with E-state index in [0.717, 1.165) is 52.7 Å². The fourth-order valence-corrected chi connectivity index (χ4v) is 6.13. The lowest BCUT2D eigenvalue weighted by Crippen LogP contribution is -2.65. The number of carbonyl (C=O) groups excluding carboxylic acids is 1. The fourth-order valence-electron chi connectivity index (χ4n) is 4.53. The Morgan fingerprint density at radius 2 is 1.80 bits per heavy atom. The summed E-state index contributed by atoms with van der Waals surface area (Å²) in [7, 11) is 0. The van der Waals surface area contributed by atoms with Gasteiger partial charge in [-0.1, -0.05) is 36.4 Å². The molecule has 6 rings (SSSR count). The molecule has 2 saturated heterocycles. The first-order valence-electron chi connectivity index (χ1n) is 10.2. The number of hydrogen-bond acceptors (Lipinski definition) is 6. The summed E-state index contributed by atoms with van der Waals surface area (Å²) in [4.78, 5) is 26.0. The van der Waals surface area contributed by atoms with Gasteiger partial charge < -0.3 is 10.2 Å². The van der Waals surface area contributed by atoms with Gasteiger partial charge in [-0.25, -0.2) is 9.97 Å². The topological polar surface area (TPSA) is 58.1 Å². The summed E-state index contributed by atoms with van der Waals surface area (Å²) < 4.78 is 0. The van der Waals surface area contributed by atoms with Crippen LogP contribution in [0.25, 0.3) is 32.0 Å². The Bertz CT molecular complexity index is 1220. The molecule has 1 spiro atoms. The van der Waals surface area contributed by atoms with Crippen LogP contribution in [0.2, 0.25) is 0 Å². The van der Waals surface area contributed by atoms with Gasteiger partial charge in [0.15, 0.2) is 5.82 Å². The van der Waals surface area contributed by atoms with E-state index in [0.29, 0.717) is 6.42 Å². The number of aromatic nitrogens is 2. The highest BCUT2D eigenvalue weighted by atomic mass is 32.1. The van der Waals surface area contributed by atoms with Crippen molar-refractivity contribution >= 4 is 44.6 Å². The van der Waals surface area contributed by atoms with E-state index < -0.39 is 0 Å². The lowest BCUT2D eigenvalue weighted by Gasteiger charge is -2.48. The third-order valence-electron chi connectivity index (χ3n) is 6.16. The third kappa shape index (κ3) is 2.92. The van der Waals surface area contributed by atoms with E-state index in [4.69, 9.17) is 9.97 Å². The molecule has 1 N–H and O–H groups in total. The van der Waals surface area contributed by atoms with E-state index in [-0.39, 0.29) is 11.4 Å². The quantitative estimate of drug-likeness (QED) is 0.466. The van der Waals surface area contributed by atoms with Crippen LogP contribution in [-0.2, 0) is 4.79 Å². The standard InChI is InChI=1S/C23H20N4OS2/c28-18-13-23(26-18)8-10-27(11-9-23)21-19-16(15-5-2-1-3-6-15)14-30-22(19)25-20(24-21)17-7-4-12-29-17/h1-7,12,14H,8-11,13H2,(H,26,28). The van der Waals surface area contributed by atoms with Gasteiger partial charge in [0.1, 0.15) is 10.6 Å². The molecule has 2 aliphatic heterocycles. The van der Waals surface area contributed by atoms with E-state index >= 15 is 0 Å². The SMILES string of the molecule is O=C1CC2(CCN(c3nc(-c4cccs4)nc4scc(-c5ccccc5)c34)CC2)N1. The number of hydrogen-bond donors (Lipinski definition) is 1. The Morgan fingerprint density at radius 3 is 2.50 bits per heavy atom. The van der Waals surface area contributed by atoms with Crippen molar-refractivity contribution in [2.75, 3.05) is 18.0 Å². The number of nitrogens with zero attached hydrogens (tertiary/aromatic N) is 3. The van der Waals surface area contributed by atoms with Gasteiger partial charge in [0.25, 0.3) is 0 Å². The van der Waals surface area contributed by atoms with Crippen molar-refractivity contribution in [2.24, 2.45) is 0 Å². The van der Waals surface area contributed by atoms with Crippen molar-refractivity contribution in [3.8, 4) is 21.8 Å². The Balaban J connectivity index is 1.46. The summed E-state index contributed by atoms with van der Waals surface area (Å²) in [5.41, 5.74) is 2.39. The molecule has 1 amide bonds. The predicted octanol–water partition coefficient (Wildman–Crippen LogP) is 4.95. The first kappa shape index (κ1) is 18.0. The number of benzene rings is 1. The van der Waals surface area contributed by atoms with E-state index in [2.05, 4.69) is 51.3 Å². The summed E-state index contributed by atoms with van der Waals surface area (Å²) >= 11 is 3.35. The van der Waals surface area contributed by atoms with Crippen LogP contribution in [0.15, 0.2) is 53.2 Å². The minimum Gasteiger partial charge on any atom is -0.356 e. The fraction of sp³-hybridized carbons (Fsp3) is 0.261. The lowest BCUT2D eigenvalue weighted by molar-refractivity contribution is -0.133. The normalized spacial score (nSPS) is 17.9. The molecule has 2 aliphatic rings. The van der Waals surface area contributed by atoms with Gasteiger partial charge in [0.2, 0.25) is 5.91 Å². The van der Waals surface area contributed by atoms with Crippen molar-refractivity contribution in [2.45, 2.75) is 24.8 Å². The first-order chi connectivity index (χ1) is 14.7. The number of amides is 1. The number of fused-ring (bicyclic) bond motifs is 1. The molecular formula is C23H20N4OS2. The summed E-state index contributed by atoms with van der Waals surface area (Å²) in [6.07, 6.45) is 2.58. The van der Waals surface area contributed by atoms with Crippen molar-refractivity contribution in [3.05, 3.63) is 53.2 Å². The minimum absolute atomic E-state index is 0.00716. The maximum atomic E-state index is 11.5. The summed E-state index contributed by atoms with van der Waals surface area (Å²) in [5.74, 6) is 1.99. The van der Waals surface area contributed by atoms with Crippen molar-refractivity contribution in [3.63, 3.8) is 0 Å². The second-order valence-electron chi connectivity index (χ2n) is 8.04. The number of β-lactam (4-membered cyclic amide) rings is 1. The second-order valence-corrected chi connectivity index (χ2v) is 9.84. The number of carbonyl (C=O) groups is 1. The molecular weight excluding hydrogens is 412 g/mol. The molecule has 0 saturated carbocycles. The number of thiophene rings is 2. The van der Waals surface area contributed by atoms with Gasteiger partial charge in [-0.3, -0.25) is 4.79 Å². The maximum Gasteiger partial charge on any atom is 0.222 e. The van der Waals surface area contributed by atoms with E-state index in [1.54, 1.807) is 22.7 Å². The van der Waals surface area contributed by atoms with Crippen molar-refractivity contribution in [1.82, 2.24) is 15.3 Å². The van der Waals surface area contributed by atoms with Crippen molar-refractivity contribution in [1.29, 1.82) is 0 Å². The molecule has 4 aromatic rings. The molecule has 5 nitrogen and oxygen atoms in total. The first-order valence-corrected chi connectivity index (χ1v) is 11.9. The third-order valence-corrected chi connectivity index (χ3v) is 7.90. The van der Waals surface area contributed by atoms with Crippen LogP contribution in [0.3, 0.4) is 0 Å². The number of rotatable bonds is 3. The van der Waals surface area contributed by atoms with Crippen molar-refractivity contribution < 1.29 is 4.79 Å². The molecule has 7 heteroatoms. The monoisotopic (exact) mass is 432 g/mol. The molecule has 0 unspecified atom stereocenters. The summed E-state index contributed by atoms with van der Waals surface area (Å²) in [5, 5.41) is 8.55. The maximum absolute atomic E-state index is 11.5. The van der Waals surface area contributed by atoms with E-state index in [9.17, 15) is 4.79 Å². The van der Waals surface area contributed by atoms with Crippen LogP contribution in [-0.4, -0.2) is 34.5 Å². The largest absolute Gasteiger partial charge is 0.356 e. The molecule has 1 aromatic carbocycles. The number of nitrogens with one attached hydrogen (secondary N) is 1. The molecule has 0 aliphatic carbocycles. The van der Waals surface area contributed by atoms with Crippen LogP contribution >= 0.6 is 22.7 Å². The Kier molecular flexibility index (Phi) is 4.14. The lowest BCUT2D eigenvalue weighted by atomic mass is 9.78. The van der Waals surface area contributed by atoms with Gasteiger partial charge in [-0.05, 0) is 29.9 Å². The molecule has 0 atom stereocenters. The van der Waals surface area contributed by atoms with Gasteiger partial charge >= 0.3 is 0 Å². The zero-order valence-electron chi connectivity index (χ0n) is 16.3. The molecule has 5 heterocycles. The molecule has 3 aromatic heterocycles. The minimum atomic E-state index is 0.00716. The average molecular weight is 433 g/mol. The van der Waals surface area contributed by atoms with E-state index in [1.807, 2.05) is 12.1 Å². The van der Waals surface area contributed by atoms with Gasteiger partial charge in [0, 0.05) is 30.5 Å². The van der Waals surface area contributed by atoms with Crippen LogP contribution in [0.4, 0.5) is 5.82 Å². The average Bonchev–Trinajstić information content (AvgIpc) is 3.43. The van der Waals surface area contributed by atoms with E-state index in [1.165, 1.54) is 11.1 Å². The highest BCUT2D eigenvalue weighted by Crippen LogP contribution is 2.42. The summed E-state index contributed by atoms with van der Waals surface area (Å²) in [6, 6.07) is 14.6.